The molecule has 9 heavy (non-hydrogen) atoms. The largest absolute Gasteiger partial charge is 0.361 e. The molecule has 0 aromatic carbocycles. The first-order chi connectivity index (χ1) is 3.83. The van der Waals surface area contributed by atoms with Gasteiger partial charge in [0.2, 0.25) is 0 Å². The second kappa shape index (κ2) is 3.56. The summed E-state index contributed by atoms with van der Waals surface area (Å²) in [7, 11) is 2.03. The summed E-state index contributed by atoms with van der Waals surface area (Å²) in [5.74, 6) is 0. The maximum Gasteiger partial charge on any atom is 0.0932 e. The van der Waals surface area contributed by atoms with Crippen molar-refractivity contribution in [2.24, 2.45) is 0 Å². The maximum atomic E-state index is 3.63. The SMILES string of the molecule is Br.C=CN1C=CN(C)C1. The zero-order valence-electron chi connectivity index (χ0n) is 5.45. The lowest BCUT2D eigenvalue weighted by Crippen LogP contribution is -2.16. The minimum atomic E-state index is 0. The topological polar surface area (TPSA) is 6.48 Å². The normalized spacial score (nSPS) is 15.7. The Morgan fingerprint density at radius 2 is 2.22 bits per heavy atom. The molecule has 0 saturated heterocycles. The Balaban J connectivity index is 0.000000640. The molecule has 52 valence electrons. The van der Waals surface area contributed by atoms with Gasteiger partial charge in [0.15, 0.2) is 0 Å². The van der Waals surface area contributed by atoms with Gasteiger partial charge in [0.05, 0.1) is 6.67 Å². The predicted octanol–water partition coefficient (Wildman–Crippen LogP) is 1.38. The van der Waals surface area contributed by atoms with Gasteiger partial charge in [-0.1, -0.05) is 6.58 Å². The summed E-state index contributed by atoms with van der Waals surface area (Å²) < 4.78 is 0. The Morgan fingerprint density at radius 1 is 1.56 bits per heavy atom. The molecule has 0 aromatic rings. The fourth-order valence-corrected chi connectivity index (χ4v) is 0.670. The lowest BCUT2D eigenvalue weighted by atomic mass is 10.8. The lowest BCUT2D eigenvalue weighted by Gasteiger charge is -2.11. The number of halogens is 1. The van der Waals surface area contributed by atoms with Gasteiger partial charge in [0, 0.05) is 19.4 Å². The second-order valence-corrected chi connectivity index (χ2v) is 1.89. The smallest absolute Gasteiger partial charge is 0.0932 e. The van der Waals surface area contributed by atoms with Crippen LogP contribution in [0.2, 0.25) is 0 Å². The number of rotatable bonds is 1. The number of hydrogen-bond donors (Lipinski definition) is 0. The molecule has 0 amide bonds. The summed E-state index contributed by atoms with van der Waals surface area (Å²) in [4.78, 5) is 4.10. The predicted molar refractivity (Wildman–Crippen MR) is 44.1 cm³/mol. The van der Waals surface area contributed by atoms with Crippen molar-refractivity contribution < 1.29 is 0 Å². The van der Waals surface area contributed by atoms with Gasteiger partial charge < -0.3 is 9.80 Å². The van der Waals surface area contributed by atoms with Crippen molar-refractivity contribution in [3.63, 3.8) is 0 Å². The van der Waals surface area contributed by atoms with Crippen LogP contribution in [-0.2, 0) is 0 Å². The van der Waals surface area contributed by atoms with E-state index in [1.54, 1.807) is 6.20 Å². The molecule has 1 aliphatic rings. The molecule has 0 atom stereocenters. The van der Waals surface area contributed by atoms with E-state index in [0.717, 1.165) is 6.67 Å². The van der Waals surface area contributed by atoms with Crippen molar-refractivity contribution >= 4 is 17.0 Å². The average Bonchev–Trinajstić information content (AvgIpc) is 2.14. The third-order valence-electron chi connectivity index (χ3n) is 1.13. The summed E-state index contributed by atoms with van der Waals surface area (Å²) in [6.07, 6.45) is 5.81. The third-order valence-corrected chi connectivity index (χ3v) is 1.13. The van der Waals surface area contributed by atoms with E-state index in [4.69, 9.17) is 0 Å². The molecule has 0 unspecified atom stereocenters. The molecule has 0 radical (unpaired) electrons. The lowest BCUT2D eigenvalue weighted by molar-refractivity contribution is 0.364. The van der Waals surface area contributed by atoms with Crippen LogP contribution in [0.3, 0.4) is 0 Å². The Bertz CT molecular complexity index is 122. The van der Waals surface area contributed by atoms with Crippen molar-refractivity contribution in [2.45, 2.75) is 0 Å². The van der Waals surface area contributed by atoms with Crippen molar-refractivity contribution in [3.05, 3.63) is 25.2 Å². The Kier molecular flexibility index (Phi) is 3.39. The molecular weight excluding hydrogens is 180 g/mol. The van der Waals surface area contributed by atoms with E-state index in [1.807, 2.05) is 24.3 Å². The summed E-state index contributed by atoms with van der Waals surface area (Å²) in [5, 5.41) is 0. The molecule has 0 saturated carbocycles. The zero-order valence-corrected chi connectivity index (χ0v) is 7.16. The molecular formula is C6H11BrN2. The minimum Gasteiger partial charge on any atom is -0.361 e. The highest BCUT2D eigenvalue weighted by atomic mass is 79.9. The number of hydrogen-bond acceptors (Lipinski definition) is 2. The van der Waals surface area contributed by atoms with E-state index >= 15 is 0 Å². The van der Waals surface area contributed by atoms with E-state index in [2.05, 4.69) is 11.5 Å². The van der Waals surface area contributed by atoms with Gasteiger partial charge in [0.25, 0.3) is 0 Å². The average molecular weight is 191 g/mol. The van der Waals surface area contributed by atoms with Crippen LogP contribution in [0.25, 0.3) is 0 Å². The van der Waals surface area contributed by atoms with Crippen molar-refractivity contribution in [2.75, 3.05) is 13.7 Å². The molecule has 3 heteroatoms. The Labute approximate surface area is 66.2 Å². The molecule has 0 spiro atoms. The highest BCUT2D eigenvalue weighted by Gasteiger charge is 2.01. The first-order valence-corrected chi connectivity index (χ1v) is 2.60. The van der Waals surface area contributed by atoms with Crippen molar-refractivity contribution in [1.82, 2.24) is 9.80 Å². The first-order valence-electron chi connectivity index (χ1n) is 2.60. The molecule has 0 fully saturated rings. The van der Waals surface area contributed by atoms with Gasteiger partial charge >= 0.3 is 0 Å². The van der Waals surface area contributed by atoms with Crippen LogP contribution < -0.4 is 0 Å². The van der Waals surface area contributed by atoms with Gasteiger partial charge in [-0.25, -0.2) is 0 Å². The van der Waals surface area contributed by atoms with E-state index in [9.17, 15) is 0 Å². The highest BCUT2D eigenvalue weighted by molar-refractivity contribution is 8.93. The monoisotopic (exact) mass is 190 g/mol. The molecule has 2 nitrogen and oxygen atoms in total. The zero-order chi connectivity index (χ0) is 5.98. The van der Waals surface area contributed by atoms with Gasteiger partial charge in [-0.15, -0.1) is 17.0 Å². The molecule has 1 heterocycles. The van der Waals surface area contributed by atoms with Crippen molar-refractivity contribution in [3.8, 4) is 0 Å². The first kappa shape index (κ1) is 8.56. The van der Waals surface area contributed by atoms with Gasteiger partial charge in [-0.2, -0.15) is 0 Å². The van der Waals surface area contributed by atoms with Crippen LogP contribution in [0.5, 0.6) is 0 Å². The van der Waals surface area contributed by atoms with E-state index in [1.165, 1.54) is 0 Å². The summed E-state index contributed by atoms with van der Waals surface area (Å²) in [6.45, 7) is 4.56. The van der Waals surface area contributed by atoms with E-state index in [0.29, 0.717) is 0 Å². The van der Waals surface area contributed by atoms with Crippen LogP contribution in [0.1, 0.15) is 0 Å². The van der Waals surface area contributed by atoms with Gasteiger partial charge in [-0.05, 0) is 6.20 Å². The molecule has 0 N–H and O–H groups in total. The van der Waals surface area contributed by atoms with Crippen molar-refractivity contribution in [1.29, 1.82) is 0 Å². The quantitative estimate of drug-likeness (QED) is 0.617. The molecule has 0 aliphatic carbocycles. The van der Waals surface area contributed by atoms with E-state index in [-0.39, 0.29) is 17.0 Å². The van der Waals surface area contributed by atoms with Crippen LogP contribution in [-0.4, -0.2) is 23.5 Å². The van der Waals surface area contributed by atoms with E-state index < -0.39 is 0 Å². The number of nitrogens with zero attached hydrogens (tertiary/aromatic N) is 2. The fourth-order valence-electron chi connectivity index (χ4n) is 0.670. The summed E-state index contributed by atoms with van der Waals surface area (Å²) in [6, 6.07) is 0. The van der Waals surface area contributed by atoms with Crippen LogP contribution in [0.4, 0.5) is 0 Å². The standard InChI is InChI=1S/C6H10N2.BrH/c1-3-8-5-4-7(2)6-8;/h3-5H,1,6H2,2H3;1H. The maximum absolute atomic E-state index is 3.63. The van der Waals surface area contributed by atoms with Crippen LogP contribution in [0, 0.1) is 0 Å². The summed E-state index contributed by atoms with van der Waals surface area (Å²) >= 11 is 0. The van der Waals surface area contributed by atoms with Gasteiger partial charge in [0.1, 0.15) is 0 Å². The minimum absolute atomic E-state index is 0. The van der Waals surface area contributed by atoms with Crippen LogP contribution in [0.15, 0.2) is 25.2 Å². The molecule has 0 bridgehead atoms. The molecule has 1 rings (SSSR count). The second-order valence-electron chi connectivity index (χ2n) is 1.89. The Morgan fingerprint density at radius 3 is 2.44 bits per heavy atom. The molecule has 1 aliphatic heterocycles. The van der Waals surface area contributed by atoms with Gasteiger partial charge in [-0.3, -0.25) is 0 Å². The third kappa shape index (κ3) is 2.10. The van der Waals surface area contributed by atoms with Crippen LogP contribution >= 0.6 is 17.0 Å². The summed E-state index contributed by atoms with van der Waals surface area (Å²) in [5.41, 5.74) is 0. The Hall–Kier alpha value is -0.440. The fraction of sp³-hybridized carbons (Fsp3) is 0.333. The highest BCUT2D eigenvalue weighted by Crippen LogP contribution is 2.01. The molecule has 0 aromatic heterocycles.